The highest BCUT2D eigenvalue weighted by molar-refractivity contribution is 5.96. The molecule has 3 aromatic rings. The number of aliphatic carboxylic acids is 2. The molecule has 236 valence electrons. The number of hydrogen-bond acceptors (Lipinski definition) is 4. The number of carbonyl (C=O) groups excluding carboxylic acids is 1. The lowest BCUT2D eigenvalue weighted by atomic mass is 9.86. The van der Waals surface area contributed by atoms with Crippen molar-refractivity contribution in [2.75, 3.05) is 19.6 Å². The Morgan fingerprint density at radius 2 is 1.22 bits per heavy atom. The van der Waals surface area contributed by atoms with Crippen LogP contribution in [0.1, 0.15) is 91.1 Å². The first-order valence-corrected chi connectivity index (χ1v) is 15.9. The highest BCUT2D eigenvalue weighted by Gasteiger charge is 2.23. The van der Waals surface area contributed by atoms with Crippen LogP contribution in [0.25, 0.3) is 5.57 Å². The maximum Gasteiger partial charge on any atom is 0.328 e. The third-order valence-electron chi connectivity index (χ3n) is 8.62. The Morgan fingerprint density at radius 1 is 0.711 bits per heavy atom. The van der Waals surface area contributed by atoms with E-state index in [4.69, 9.17) is 10.2 Å². The van der Waals surface area contributed by atoms with Gasteiger partial charge in [0.1, 0.15) is 0 Å². The minimum atomic E-state index is -1.26. The molecule has 2 N–H and O–H groups in total. The van der Waals surface area contributed by atoms with Gasteiger partial charge in [-0.15, -0.1) is 0 Å². The average molecular weight is 608 g/mol. The number of carbonyl (C=O) groups is 3. The number of hydrogen-bond donors (Lipinski definition) is 2. The zero-order chi connectivity index (χ0) is 32.4. The number of fused-ring (bicyclic) bond motifs is 2. The van der Waals surface area contributed by atoms with Gasteiger partial charge in [-0.2, -0.15) is 0 Å². The second kappa shape index (κ2) is 15.6. The fraction of sp³-hybridized carbons (Fsp3) is 0.359. The SMILES string of the molecule is CC(C)(C)c1ccc(C(=O)CCCCN2CCC(=C3c4ccccc4CCc4ccccc43)CC2)cc1.O=C(O)/C=C\C(=O)O. The molecule has 0 radical (unpaired) electrons. The molecule has 1 fully saturated rings. The number of ketones is 1. The lowest BCUT2D eigenvalue weighted by Gasteiger charge is -2.30. The minimum absolute atomic E-state index is 0.120. The summed E-state index contributed by atoms with van der Waals surface area (Å²) >= 11 is 0. The Bertz CT molecular complexity index is 1480. The van der Waals surface area contributed by atoms with Crippen molar-refractivity contribution in [2.45, 2.75) is 71.1 Å². The molecule has 1 heterocycles. The molecule has 6 nitrogen and oxygen atoms in total. The number of likely N-dealkylation sites (tertiary alicyclic amines) is 1. The van der Waals surface area contributed by atoms with Crippen LogP contribution < -0.4 is 0 Å². The van der Waals surface area contributed by atoms with Crippen molar-refractivity contribution in [1.82, 2.24) is 4.90 Å². The molecule has 1 aliphatic heterocycles. The summed E-state index contributed by atoms with van der Waals surface area (Å²) in [6.45, 7) is 9.94. The standard InChI is InChI=1S/C35H41NO.C4H4O4/c1-35(2,3)30-19-17-28(18-20-30)33(37)14-8-9-23-36-24-21-29(22-25-36)34-31-12-6-4-10-26(31)15-16-27-11-5-7-13-32(27)34;5-3(6)1-2-4(7)8/h4-7,10-13,17-20H,8-9,14-16,21-25H2,1-3H3;1-2H,(H,5,6)(H,7,8)/b;2-1-. The predicted molar refractivity (Wildman–Crippen MR) is 180 cm³/mol. The van der Waals surface area contributed by atoms with Crippen LogP contribution in [0, 0.1) is 0 Å². The molecule has 2 aliphatic rings. The molecule has 3 aromatic carbocycles. The molecule has 0 saturated carbocycles. The lowest BCUT2D eigenvalue weighted by Crippen LogP contribution is -2.32. The number of benzene rings is 3. The number of Topliss-reactive ketones (excluding diaryl/α,β-unsaturated/α-hetero) is 1. The number of unbranched alkanes of at least 4 members (excludes halogenated alkanes) is 1. The van der Waals surface area contributed by atoms with Crippen LogP contribution in [0.4, 0.5) is 0 Å². The quantitative estimate of drug-likeness (QED) is 0.155. The smallest absolute Gasteiger partial charge is 0.328 e. The summed E-state index contributed by atoms with van der Waals surface area (Å²) in [5, 5.41) is 15.6. The molecule has 0 bridgehead atoms. The van der Waals surface area contributed by atoms with Crippen LogP contribution in [-0.2, 0) is 27.8 Å². The van der Waals surface area contributed by atoms with Gasteiger partial charge in [0.25, 0.3) is 0 Å². The highest BCUT2D eigenvalue weighted by Crippen LogP contribution is 2.38. The van der Waals surface area contributed by atoms with Gasteiger partial charge in [0.15, 0.2) is 5.78 Å². The summed E-state index contributed by atoms with van der Waals surface area (Å²) in [7, 11) is 0. The van der Waals surface area contributed by atoms with Crippen LogP contribution in [0.3, 0.4) is 0 Å². The first kappa shape index (κ1) is 33.6. The molecule has 0 unspecified atom stereocenters. The zero-order valence-corrected chi connectivity index (χ0v) is 26.7. The van der Waals surface area contributed by atoms with E-state index in [1.165, 1.54) is 33.4 Å². The molecule has 5 rings (SSSR count). The molecular formula is C39H45NO5. The molecule has 1 aliphatic carbocycles. The Labute approximate surface area is 267 Å². The third kappa shape index (κ3) is 9.60. The van der Waals surface area contributed by atoms with E-state index in [-0.39, 0.29) is 11.2 Å². The third-order valence-corrected chi connectivity index (χ3v) is 8.62. The van der Waals surface area contributed by atoms with Gasteiger partial charge in [-0.25, -0.2) is 9.59 Å². The minimum Gasteiger partial charge on any atom is -0.478 e. The number of carboxylic acid groups (broad SMARTS) is 2. The summed E-state index contributed by atoms with van der Waals surface area (Å²) in [5.74, 6) is -2.24. The number of rotatable bonds is 8. The second-order valence-corrected chi connectivity index (χ2v) is 12.9. The highest BCUT2D eigenvalue weighted by atomic mass is 16.4. The number of aryl methyl sites for hydroxylation is 2. The first-order chi connectivity index (χ1) is 21.5. The van der Waals surface area contributed by atoms with E-state index in [0.29, 0.717) is 18.6 Å². The van der Waals surface area contributed by atoms with Crippen molar-refractivity contribution in [3.05, 3.63) is 124 Å². The van der Waals surface area contributed by atoms with Crippen molar-refractivity contribution in [1.29, 1.82) is 0 Å². The normalized spacial score (nSPS) is 15.0. The molecule has 6 heteroatoms. The number of nitrogens with zero attached hydrogens (tertiary/aromatic N) is 1. The van der Waals surface area contributed by atoms with Gasteiger partial charge < -0.3 is 15.1 Å². The van der Waals surface area contributed by atoms with Crippen LogP contribution in [-0.4, -0.2) is 52.5 Å². The number of carboxylic acids is 2. The Kier molecular flexibility index (Phi) is 11.7. The number of piperidine rings is 1. The van der Waals surface area contributed by atoms with E-state index in [1.807, 2.05) is 12.1 Å². The van der Waals surface area contributed by atoms with Crippen molar-refractivity contribution in [2.24, 2.45) is 0 Å². The van der Waals surface area contributed by atoms with Crippen LogP contribution in [0.5, 0.6) is 0 Å². The van der Waals surface area contributed by atoms with Gasteiger partial charge in [0, 0.05) is 37.2 Å². The maximum absolute atomic E-state index is 12.7. The van der Waals surface area contributed by atoms with E-state index in [1.54, 1.807) is 5.57 Å². The summed E-state index contributed by atoms with van der Waals surface area (Å²) in [4.78, 5) is 34.4. The maximum atomic E-state index is 12.7. The Morgan fingerprint density at radius 3 is 1.71 bits per heavy atom. The van der Waals surface area contributed by atoms with Crippen molar-refractivity contribution < 1.29 is 24.6 Å². The van der Waals surface area contributed by atoms with Gasteiger partial charge >= 0.3 is 11.9 Å². The molecule has 1 saturated heterocycles. The summed E-state index contributed by atoms with van der Waals surface area (Å²) in [6.07, 6.45) is 8.32. The van der Waals surface area contributed by atoms with E-state index < -0.39 is 11.9 Å². The van der Waals surface area contributed by atoms with E-state index >= 15 is 0 Å². The van der Waals surface area contributed by atoms with Gasteiger partial charge in [0.2, 0.25) is 0 Å². The monoisotopic (exact) mass is 607 g/mol. The van der Waals surface area contributed by atoms with Gasteiger partial charge in [-0.1, -0.05) is 99.1 Å². The average Bonchev–Trinajstić information content (AvgIpc) is 3.19. The van der Waals surface area contributed by atoms with Crippen molar-refractivity contribution in [3.8, 4) is 0 Å². The van der Waals surface area contributed by atoms with Gasteiger partial charge in [-0.05, 0) is 83.9 Å². The predicted octanol–water partition coefficient (Wildman–Crippen LogP) is 7.75. The fourth-order valence-corrected chi connectivity index (χ4v) is 6.12. The zero-order valence-electron chi connectivity index (χ0n) is 26.7. The molecule has 0 atom stereocenters. The van der Waals surface area contributed by atoms with E-state index in [0.717, 1.165) is 63.7 Å². The molecule has 0 spiro atoms. The largest absolute Gasteiger partial charge is 0.478 e. The van der Waals surface area contributed by atoms with Crippen LogP contribution >= 0.6 is 0 Å². The summed E-state index contributed by atoms with van der Waals surface area (Å²) < 4.78 is 0. The lowest BCUT2D eigenvalue weighted by molar-refractivity contribution is -0.134. The first-order valence-electron chi connectivity index (χ1n) is 15.9. The molecular weight excluding hydrogens is 562 g/mol. The van der Waals surface area contributed by atoms with Crippen molar-refractivity contribution >= 4 is 23.3 Å². The van der Waals surface area contributed by atoms with Crippen molar-refractivity contribution in [3.63, 3.8) is 0 Å². The topological polar surface area (TPSA) is 94.9 Å². The van der Waals surface area contributed by atoms with Crippen LogP contribution in [0.2, 0.25) is 0 Å². The summed E-state index contributed by atoms with van der Waals surface area (Å²) in [6, 6.07) is 26.3. The fourth-order valence-electron chi connectivity index (χ4n) is 6.12. The molecule has 45 heavy (non-hydrogen) atoms. The van der Waals surface area contributed by atoms with Gasteiger partial charge in [0.05, 0.1) is 0 Å². The molecule has 0 amide bonds. The van der Waals surface area contributed by atoms with Crippen LogP contribution in [0.15, 0.2) is 90.5 Å². The van der Waals surface area contributed by atoms with E-state index in [9.17, 15) is 14.4 Å². The Balaban J connectivity index is 0.000000510. The molecule has 0 aromatic heterocycles. The van der Waals surface area contributed by atoms with Gasteiger partial charge in [-0.3, -0.25) is 4.79 Å². The summed E-state index contributed by atoms with van der Waals surface area (Å²) in [5.41, 5.74) is 11.2. The van der Waals surface area contributed by atoms with E-state index in [2.05, 4.69) is 86.3 Å². The second-order valence-electron chi connectivity index (χ2n) is 12.9. The Hall–Kier alpha value is -4.29.